The van der Waals surface area contributed by atoms with Crippen LogP contribution in [0.4, 0.5) is 5.69 Å². The van der Waals surface area contributed by atoms with Crippen molar-refractivity contribution in [2.24, 2.45) is 0 Å². The molecule has 0 saturated heterocycles. The highest BCUT2D eigenvalue weighted by Gasteiger charge is 2.30. The predicted molar refractivity (Wildman–Crippen MR) is 105 cm³/mol. The van der Waals surface area contributed by atoms with Crippen LogP contribution in [0.1, 0.15) is 25.0 Å². The molecule has 0 bridgehead atoms. The number of esters is 1. The Labute approximate surface area is 159 Å². The molecule has 27 heavy (non-hydrogen) atoms. The van der Waals surface area contributed by atoms with Gasteiger partial charge in [-0.2, -0.15) is 0 Å². The number of carbonyl (C=O) groups excluding carboxylic acids is 2. The molecule has 0 saturated carbocycles. The van der Waals surface area contributed by atoms with Gasteiger partial charge in [0.25, 0.3) is 5.91 Å². The van der Waals surface area contributed by atoms with Gasteiger partial charge in [-0.1, -0.05) is 36.4 Å². The normalized spacial score (nSPS) is 15.6. The number of carbonyl (C=O) groups is 2. The second kappa shape index (κ2) is 8.54. The number of amides is 1. The van der Waals surface area contributed by atoms with E-state index >= 15 is 0 Å². The van der Waals surface area contributed by atoms with E-state index in [9.17, 15) is 9.59 Å². The van der Waals surface area contributed by atoms with Crippen molar-refractivity contribution in [1.29, 1.82) is 0 Å². The molecule has 1 aliphatic rings. The fourth-order valence-electron chi connectivity index (χ4n) is 3.26. The van der Waals surface area contributed by atoms with Crippen molar-refractivity contribution in [3.8, 4) is 5.75 Å². The highest BCUT2D eigenvalue weighted by molar-refractivity contribution is 5.98. The molecule has 0 aromatic heterocycles. The van der Waals surface area contributed by atoms with Gasteiger partial charge in [0.05, 0.1) is 6.61 Å². The quantitative estimate of drug-likeness (QED) is 0.580. The number of hydrogen-bond acceptors (Lipinski definition) is 4. The summed E-state index contributed by atoms with van der Waals surface area (Å²) in [5.41, 5.74) is 2.81. The van der Waals surface area contributed by atoms with Gasteiger partial charge in [-0.15, -0.1) is 0 Å². The van der Waals surface area contributed by atoms with Crippen molar-refractivity contribution in [2.75, 3.05) is 18.1 Å². The molecule has 1 amide bonds. The minimum atomic E-state index is -0.560. The molecule has 0 radical (unpaired) electrons. The molecule has 0 fully saturated rings. The lowest BCUT2D eigenvalue weighted by Gasteiger charge is -2.22. The van der Waals surface area contributed by atoms with Crippen LogP contribution >= 0.6 is 0 Å². The van der Waals surface area contributed by atoms with Crippen LogP contribution in [0.5, 0.6) is 5.75 Å². The Morgan fingerprint density at radius 2 is 1.89 bits per heavy atom. The monoisotopic (exact) mass is 365 g/mol. The van der Waals surface area contributed by atoms with Gasteiger partial charge >= 0.3 is 5.97 Å². The number of rotatable bonds is 6. The number of benzene rings is 2. The summed E-state index contributed by atoms with van der Waals surface area (Å²) >= 11 is 0. The van der Waals surface area contributed by atoms with Gasteiger partial charge in [0.2, 0.25) is 0 Å². The summed E-state index contributed by atoms with van der Waals surface area (Å²) in [5, 5.41) is 0. The van der Waals surface area contributed by atoms with Gasteiger partial charge in [0.1, 0.15) is 5.75 Å². The van der Waals surface area contributed by atoms with E-state index in [1.165, 1.54) is 6.08 Å². The Hall–Kier alpha value is -3.08. The van der Waals surface area contributed by atoms with Gasteiger partial charge in [-0.05, 0) is 44.0 Å². The van der Waals surface area contributed by atoms with Gasteiger partial charge in [-0.3, -0.25) is 4.79 Å². The van der Waals surface area contributed by atoms with Crippen LogP contribution in [0.25, 0.3) is 6.08 Å². The Kier molecular flexibility index (Phi) is 5.91. The average molecular weight is 365 g/mol. The highest BCUT2D eigenvalue weighted by atomic mass is 16.5. The van der Waals surface area contributed by atoms with E-state index in [0.717, 1.165) is 23.2 Å². The van der Waals surface area contributed by atoms with E-state index in [-0.39, 0.29) is 18.6 Å². The molecule has 1 aliphatic heterocycles. The summed E-state index contributed by atoms with van der Waals surface area (Å²) in [4.78, 5) is 26.3. The molecular weight excluding hydrogens is 342 g/mol. The lowest BCUT2D eigenvalue weighted by atomic mass is 10.1. The molecule has 0 N–H and O–H groups in total. The minimum absolute atomic E-state index is 0.0576. The fraction of sp³-hybridized carbons (Fsp3) is 0.273. The van der Waals surface area contributed by atoms with Crippen LogP contribution in [0.2, 0.25) is 0 Å². The van der Waals surface area contributed by atoms with Crippen molar-refractivity contribution >= 4 is 23.6 Å². The molecule has 1 heterocycles. The van der Waals surface area contributed by atoms with Crippen LogP contribution in [0.15, 0.2) is 54.6 Å². The maximum Gasteiger partial charge on any atom is 0.331 e. The predicted octanol–water partition coefficient (Wildman–Crippen LogP) is 3.62. The maximum absolute atomic E-state index is 12.5. The van der Waals surface area contributed by atoms with Crippen LogP contribution in [0.3, 0.4) is 0 Å². The molecule has 0 unspecified atom stereocenters. The number of ether oxygens (including phenoxy) is 2. The minimum Gasteiger partial charge on any atom is -0.493 e. The summed E-state index contributed by atoms with van der Waals surface area (Å²) in [6, 6.07) is 15.3. The summed E-state index contributed by atoms with van der Waals surface area (Å²) in [7, 11) is 0. The van der Waals surface area contributed by atoms with E-state index in [1.54, 1.807) is 11.0 Å². The van der Waals surface area contributed by atoms with Gasteiger partial charge < -0.3 is 14.4 Å². The Balaban J connectivity index is 1.59. The number of nitrogens with zero attached hydrogens (tertiary/aromatic N) is 1. The first-order chi connectivity index (χ1) is 13.1. The Morgan fingerprint density at radius 3 is 2.70 bits per heavy atom. The largest absolute Gasteiger partial charge is 0.493 e. The summed E-state index contributed by atoms with van der Waals surface area (Å²) in [5.74, 6) is -0.0821. The zero-order valence-corrected chi connectivity index (χ0v) is 15.6. The van der Waals surface area contributed by atoms with Crippen LogP contribution in [0, 0.1) is 0 Å². The second-order valence-electron chi connectivity index (χ2n) is 6.36. The van der Waals surface area contributed by atoms with Crippen molar-refractivity contribution in [3.05, 3.63) is 65.7 Å². The lowest BCUT2D eigenvalue weighted by molar-refractivity contribution is -0.143. The fourth-order valence-corrected chi connectivity index (χ4v) is 3.26. The molecule has 2 aromatic carbocycles. The number of para-hydroxylation sites is 2. The number of fused-ring (bicyclic) bond motifs is 1. The summed E-state index contributed by atoms with van der Waals surface area (Å²) in [6.45, 7) is 4.15. The lowest BCUT2D eigenvalue weighted by Crippen LogP contribution is -2.38. The third-order valence-corrected chi connectivity index (χ3v) is 4.43. The van der Waals surface area contributed by atoms with Crippen molar-refractivity contribution < 1.29 is 19.1 Å². The number of anilines is 1. The van der Waals surface area contributed by atoms with Gasteiger partial charge in [-0.25, -0.2) is 4.79 Å². The van der Waals surface area contributed by atoms with Crippen molar-refractivity contribution in [2.45, 2.75) is 26.3 Å². The van der Waals surface area contributed by atoms with Crippen molar-refractivity contribution in [3.63, 3.8) is 0 Å². The molecule has 5 nitrogen and oxygen atoms in total. The maximum atomic E-state index is 12.5. The van der Waals surface area contributed by atoms with E-state index in [0.29, 0.717) is 12.4 Å². The Bertz CT molecular complexity index is 859. The van der Waals surface area contributed by atoms with Crippen molar-refractivity contribution in [1.82, 2.24) is 0 Å². The summed E-state index contributed by atoms with van der Waals surface area (Å²) < 4.78 is 10.7. The first-order valence-corrected chi connectivity index (χ1v) is 9.06. The molecule has 2 aromatic rings. The first kappa shape index (κ1) is 18.7. The van der Waals surface area contributed by atoms with Gasteiger partial charge in [0.15, 0.2) is 6.61 Å². The molecule has 0 aliphatic carbocycles. The molecule has 5 heteroatoms. The topological polar surface area (TPSA) is 55.8 Å². The third-order valence-electron chi connectivity index (χ3n) is 4.43. The van der Waals surface area contributed by atoms with Crippen LogP contribution < -0.4 is 9.64 Å². The van der Waals surface area contributed by atoms with Crippen LogP contribution in [-0.4, -0.2) is 31.1 Å². The first-order valence-electron chi connectivity index (χ1n) is 9.06. The zero-order valence-electron chi connectivity index (χ0n) is 15.6. The summed E-state index contributed by atoms with van der Waals surface area (Å²) in [6.07, 6.45) is 3.75. The van der Waals surface area contributed by atoms with E-state index < -0.39 is 5.97 Å². The molecular formula is C22H23NO4. The number of hydrogen-bond donors (Lipinski definition) is 0. The third kappa shape index (κ3) is 4.37. The average Bonchev–Trinajstić information content (AvgIpc) is 3.01. The molecule has 140 valence electrons. The van der Waals surface area contributed by atoms with E-state index in [4.69, 9.17) is 9.47 Å². The van der Waals surface area contributed by atoms with E-state index in [2.05, 4.69) is 0 Å². The SMILES string of the molecule is CCOc1ccccc1/C=C/C(=O)OCC(=O)N1c2ccccc2C[C@H]1C. The Morgan fingerprint density at radius 1 is 1.15 bits per heavy atom. The van der Waals surface area contributed by atoms with Crippen LogP contribution in [-0.2, 0) is 20.7 Å². The molecule has 0 spiro atoms. The smallest absolute Gasteiger partial charge is 0.331 e. The molecule has 3 rings (SSSR count). The zero-order chi connectivity index (χ0) is 19.2. The molecule has 1 atom stereocenters. The second-order valence-corrected chi connectivity index (χ2v) is 6.36. The van der Waals surface area contributed by atoms with Gasteiger partial charge in [0, 0.05) is 23.4 Å². The van der Waals surface area contributed by atoms with E-state index in [1.807, 2.05) is 62.4 Å². The standard InChI is InChI=1S/C22H23NO4/c1-3-26-20-11-7-5-8-17(20)12-13-22(25)27-15-21(24)23-16(2)14-18-9-4-6-10-19(18)23/h4-13,16H,3,14-15H2,1-2H3/b13-12+/t16-/m1/s1. The highest BCUT2D eigenvalue weighted by Crippen LogP contribution is 2.31.